The lowest BCUT2D eigenvalue weighted by atomic mass is 9.94. The van der Waals surface area contributed by atoms with Gasteiger partial charge in [0.05, 0.1) is 12.1 Å². The van der Waals surface area contributed by atoms with Crippen molar-refractivity contribution in [3.8, 4) is 11.5 Å². The van der Waals surface area contributed by atoms with Gasteiger partial charge in [0.1, 0.15) is 11.6 Å². The molecule has 0 N–H and O–H groups in total. The molecule has 1 unspecified atom stereocenters. The summed E-state index contributed by atoms with van der Waals surface area (Å²) in [5.41, 5.74) is 1.71. The Kier molecular flexibility index (Phi) is 5.11. The van der Waals surface area contributed by atoms with Crippen LogP contribution in [0.3, 0.4) is 0 Å². The van der Waals surface area contributed by atoms with Crippen molar-refractivity contribution in [1.29, 1.82) is 0 Å². The average molecular weight is 385 g/mol. The predicted molar refractivity (Wildman–Crippen MR) is 104 cm³/mol. The Morgan fingerprint density at radius 3 is 3.07 bits per heavy atom. The van der Waals surface area contributed by atoms with E-state index < -0.39 is 0 Å². The van der Waals surface area contributed by atoms with Crippen LogP contribution < -0.4 is 0 Å². The predicted octanol–water partition coefficient (Wildman–Crippen LogP) is 3.47. The highest BCUT2D eigenvalue weighted by Crippen LogP contribution is 2.25. The molecule has 4 rings (SSSR count). The van der Waals surface area contributed by atoms with Crippen LogP contribution in [-0.2, 0) is 24.7 Å². The minimum Gasteiger partial charge on any atom is -0.441 e. The highest BCUT2D eigenvalue weighted by molar-refractivity contribution is 7.08. The summed E-state index contributed by atoms with van der Waals surface area (Å²) in [7, 11) is 2.02. The van der Waals surface area contributed by atoms with Crippen molar-refractivity contribution in [2.75, 3.05) is 13.1 Å². The maximum atomic E-state index is 12.9. The molecule has 0 radical (unpaired) electrons. The Hall–Kier alpha value is -2.41. The summed E-state index contributed by atoms with van der Waals surface area (Å²) in [6, 6.07) is 1.98. The van der Waals surface area contributed by atoms with E-state index in [-0.39, 0.29) is 5.91 Å². The molecule has 0 spiro atoms. The monoisotopic (exact) mass is 384 g/mol. The van der Waals surface area contributed by atoms with Crippen LogP contribution >= 0.6 is 11.3 Å². The number of carbonyl (C=O) groups excluding carboxylic acids is 1. The standard InChI is InChI=1S/C20H24N4O2S/c1-14-17(22-20(26-14)16-5-9-27-13-16)11-19(25)24-7-3-4-15(12-24)10-18-21-6-8-23(18)2/h5-6,8-9,13,15H,3-4,7,10-12H2,1-2H3. The van der Waals surface area contributed by atoms with Gasteiger partial charge >= 0.3 is 0 Å². The molecule has 142 valence electrons. The van der Waals surface area contributed by atoms with Gasteiger partial charge in [-0.25, -0.2) is 9.97 Å². The van der Waals surface area contributed by atoms with Gasteiger partial charge in [0, 0.05) is 49.9 Å². The fourth-order valence-corrected chi connectivity index (χ4v) is 4.30. The largest absolute Gasteiger partial charge is 0.441 e. The highest BCUT2D eigenvalue weighted by atomic mass is 32.1. The normalized spacial score (nSPS) is 17.4. The molecular weight excluding hydrogens is 360 g/mol. The van der Waals surface area contributed by atoms with Crippen LogP contribution in [0.5, 0.6) is 0 Å². The number of carbonyl (C=O) groups is 1. The molecule has 0 saturated carbocycles. The molecule has 27 heavy (non-hydrogen) atoms. The number of oxazole rings is 1. The minimum atomic E-state index is 0.132. The number of amides is 1. The third kappa shape index (κ3) is 3.98. The van der Waals surface area contributed by atoms with Crippen LogP contribution in [0.25, 0.3) is 11.5 Å². The Morgan fingerprint density at radius 2 is 2.33 bits per heavy atom. The molecule has 3 aromatic rings. The van der Waals surface area contributed by atoms with Crippen LogP contribution in [0.15, 0.2) is 33.6 Å². The molecule has 0 aliphatic carbocycles. The van der Waals surface area contributed by atoms with Crippen LogP contribution in [0.2, 0.25) is 0 Å². The highest BCUT2D eigenvalue weighted by Gasteiger charge is 2.26. The molecule has 4 heterocycles. The number of nitrogens with zero attached hydrogens (tertiary/aromatic N) is 4. The summed E-state index contributed by atoms with van der Waals surface area (Å²) in [4.78, 5) is 23.8. The summed E-state index contributed by atoms with van der Waals surface area (Å²) in [6.07, 6.45) is 7.20. The Bertz CT molecular complexity index is 912. The number of hydrogen-bond donors (Lipinski definition) is 0. The third-order valence-corrected chi connectivity index (χ3v) is 5.93. The quantitative estimate of drug-likeness (QED) is 0.676. The molecule has 7 heteroatoms. The number of rotatable bonds is 5. The van der Waals surface area contributed by atoms with Crippen molar-refractivity contribution < 1.29 is 9.21 Å². The van der Waals surface area contributed by atoms with Gasteiger partial charge in [-0.1, -0.05) is 0 Å². The summed E-state index contributed by atoms with van der Waals surface area (Å²) < 4.78 is 7.83. The lowest BCUT2D eigenvalue weighted by molar-refractivity contribution is -0.132. The van der Waals surface area contributed by atoms with E-state index >= 15 is 0 Å². The number of aromatic nitrogens is 3. The van der Waals surface area contributed by atoms with Crippen LogP contribution in [-0.4, -0.2) is 38.4 Å². The van der Waals surface area contributed by atoms with Crippen molar-refractivity contribution in [1.82, 2.24) is 19.4 Å². The summed E-state index contributed by atoms with van der Waals surface area (Å²) in [5, 5.41) is 4.00. The number of piperidine rings is 1. The molecule has 1 amide bonds. The van der Waals surface area contributed by atoms with E-state index in [1.165, 1.54) is 0 Å². The SMILES string of the molecule is Cc1oc(-c2ccsc2)nc1CC(=O)N1CCCC(Cc2nccn2C)C1. The van der Waals surface area contributed by atoms with E-state index in [0.29, 0.717) is 18.2 Å². The second-order valence-corrected chi connectivity index (χ2v) is 8.00. The van der Waals surface area contributed by atoms with E-state index in [2.05, 4.69) is 14.5 Å². The first-order valence-electron chi connectivity index (χ1n) is 9.33. The molecule has 1 atom stereocenters. The van der Waals surface area contributed by atoms with E-state index in [1.807, 2.05) is 48.1 Å². The lowest BCUT2D eigenvalue weighted by Gasteiger charge is -2.32. The van der Waals surface area contributed by atoms with Crippen LogP contribution in [0, 0.1) is 12.8 Å². The third-order valence-electron chi connectivity index (χ3n) is 5.24. The average Bonchev–Trinajstić information content (AvgIpc) is 3.39. The van der Waals surface area contributed by atoms with Gasteiger partial charge in [-0.3, -0.25) is 4.79 Å². The van der Waals surface area contributed by atoms with E-state index in [1.54, 1.807) is 11.3 Å². The molecule has 1 aliphatic heterocycles. The van der Waals surface area contributed by atoms with Gasteiger partial charge in [-0.2, -0.15) is 11.3 Å². The van der Waals surface area contributed by atoms with Gasteiger partial charge in [-0.05, 0) is 37.1 Å². The molecule has 1 saturated heterocycles. The van der Waals surface area contributed by atoms with Gasteiger partial charge in [0.25, 0.3) is 0 Å². The molecule has 0 aromatic carbocycles. The molecule has 1 aliphatic rings. The second kappa shape index (κ2) is 7.68. The topological polar surface area (TPSA) is 64.2 Å². The number of likely N-dealkylation sites (tertiary alicyclic amines) is 1. The fourth-order valence-electron chi connectivity index (χ4n) is 3.67. The van der Waals surface area contributed by atoms with Crippen LogP contribution in [0.4, 0.5) is 0 Å². The number of hydrogen-bond acceptors (Lipinski definition) is 5. The van der Waals surface area contributed by atoms with Crippen molar-refractivity contribution in [3.05, 3.63) is 46.5 Å². The summed E-state index contributed by atoms with van der Waals surface area (Å²) in [5.74, 6) is 3.01. The minimum absolute atomic E-state index is 0.132. The Labute approximate surface area is 162 Å². The maximum absolute atomic E-state index is 12.9. The van der Waals surface area contributed by atoms with Crippen molar-refractivity contribution in [3.63, 3.8) is 0 Å². The number of aryl methyl sites for hydroxylation is 2. The summed E-state index contributed by atoms with van der Waals surface area (Å²) >= 11 is 1.61. The molecule has 6 nitrogen and oxygen atoms in total. The fraction of sp³-hybridized carbons (Fsp3) is 0.450. The molecule has 3 aromatic heterocycles. The smallest absolute Gasteiger partial charge is 0.228 e. The van der Waals surface area contributed by atoms with Gasteiger partial charge in [0.2, 0.25) is 11.8 Å². The van der Waals surface area contributed by atoms with Crippen molar-refractivity contribution >= 4 is 17.2 Å². The van der Waals surface area contributed by atoms with Crippen LogP contribution in [0.1, 0.15) is 30.1 Å². The molecular formula is C20H24N4O2S. The first kappa shape index (κ1) is 18.0. The lowest BCUT2D eigenvalue weighted by Crippen LogP contribution is -2.41. The van der Waals surface area contributed by atoms with Gasteiger partial charge in [-0.15, -0.1) is 0 Å². The number of imidazole rings is 1. The zero-order valence-corrected chi connectivity index (χ0v) is 16.5. The number of thiophene rings is 1. The van der Waals surface area contributed by atoms with Crippen molar-refractivity contribution in [2.45, 2.75) is 32.6 Å². The second-order valence-electron chi connectivity index (χ2n) is 7.22. The molecule has 1 fully saturated rings. The van der Waals surface area contributed by atoms with Gasteiger partial charge < -0.3 is 13.9 Å². The Balaban J connectivity index is 1.40. The summed E-state index contributed by atoms with van der Waals surface area (Å²) in [6.45, 7) is 3.50. The zero-order valence-electron chi connectivity index (χ0n) is 15.7. The molecule has 0 bridgehead atoms. The van der Waals surface area contributed by atoms with E-state index in [9.17, 15) is 4.79 Å². The van der Waals surface area contributed by atoms with E-state index in [0.717, 1.165) is 55.2 Å². The van der Waals surface area contributed by atoms with Gasteiger partial charge in [0.15, 0.2) is 0 Å². The maximum Gasteiger partial charge on any atom is 0.228 e. The first-order chi connectivity index (χ1) is 13.1. The zero-order chi connectivity index (χ0) is 18.8. The van der Waals surface area contributed by atoms with Crippen molar-refractivity contribution in [2.24, 2.45) is 13.0 Å². The first-order valence-corrected chi connectivity index (χ1v) is 10.3. The van der Waals surface area contributed by atoms with E-state index in [4.69, 9.17) is 4.42 Å². The Morgan fingerprint density at radius 1 is 1.44 bits per heavy atom.